The minimum Gasteiger partial charge on any atom is -0.459 e. The number of ether oxygens (including phenoxy) is 5. The second-order valence-electron chi connectivity index (χ2n) is 18.4. The predicted octanol–water partition coefficient (Wildman–Crippen LogP) is 11.7. The summed E-state index contributed by atoms with van der Waals surface area (Å²) in [5.74, 6) is -0.0994. The molecule has 2 aliphatic heterocycles. The molecule has 1 amide bonds. The van der Waals surface area contributed by atoms with E-state index in [1.54, 1.807) is 11.0 Å². The number of aliphatic hydroxyl groups excluding tert-OH is 2. The molecule has 68 heavy (non-hydrogen) atoms. The summed E-state index contributed by atoms with van der Waals surface area (Å²) in [6, 6.07) is 37.9. The molecule has 5 aromatic carbocycles. The third-order valence-electron chi connectivity index (χ3n) is 14.3. The zero-order valence-electron chi connectivity index (χ0n) is 39.0. The van der Waals surface area contributed by atoms with Gasteiger partial charge < -0.3 is 38.7 Å². The number of hydrogen-bond donors (Lipinski definition) is 2. The van der Waals surface area contributed by atoms with Gasteiger partial charge in [-0.1, -0.05) is 115 Å². The lowest BCUT2D eigenvalue weighted by Gasteiger charge is -2.59. The van der Waals surface area contributed by atoms with Crippen LogP contribution in [0.1, 0.15) is 81.3 Å². The highest BCUT2D eigenvalue weighted by Crippen LogP contribution is 2.62. The predicted molar refractivity (Wildman–Crippen MR) is 263 cm³/mol. The van der Waals surface area contributed by atoms with Gasteiger partial charge in [0.1, 0.15) is 23.3 Å². The minimum absolute atomic E-state index is 0.0380. The summed E-state index contributed by atoms with van der Waals surface area (Å²) in [4.78, 5) is 22.7. The Balaban J connectivity index is 1.22. The number of carbonyl (C=O) groups is 1. The molecule has 9 rings (SSSR count). The van der Waals surface area contributed by atoms with Crippen molar-refractivity contribution in [1.82, 2.24) is 4.90 Å². The van der Waals surface area contributed by atoms with Crippen LogP contribution < -0.4 is 9.47 Å². The van der Waals surface area contributed by atoms with Crippen molar-refractivity contribution in [2.24, 2.45) is 22.9 Å². The maximum atomic E-state index is 14.6. The molecule has 7 atom stereocenters. The summed E-state index contributed by atoms with van der Waals surface area (Å²) in [7, 11) is 1.41. The van der Waals surface area contributed by atoms with Crippen LogP contribution in [0.15, 0.2) is 145 Å². The van der Waals surface area contributed by atoms with Crippen molar-refractivity contribution < 1.29 is 43.5 Å². The number of aliphatic hydroxyl groups is 2. The smallest absolute Gasteiger partial charge is 0.410 e. The van der Waals surface area contributed by atoms with Crippen LogP contribution in [-0.2, 0) is 25.6 Å². The van der Waals surface area contributed by atoms with Crippen molar-refractivity contribution in [3.05, 3.63) is 151 Å². The number of rotatable bonds is 19. The van der Waals surface area contributed by atoms with E-state index in [9.17, 15) is 15.0 Å². The van der Waals surface area contributed by atoms with E-state index >= 15 is 0 Å². The van der Waals surface area contributed by atoms with E-state index in [4.69, 9.17) is 33.7 Å². The van der Waals surface area contributed by atoms with Crippen LogP contribution >= 0.6 is 0 Å². The van der Waals surface area contributed by atoms with Crippen molar-refractivity contribution in [2.45, 2.75) is 94.8 Å². The first-order valence-corrected chi connectivity index (χ1v) is 24.4. The number of methoxy groups -OCH3 is 1. The Morgan fingerprint density at radius 1 is 0.868 bits per heavy atom. The fourth-order valence-corrected chi connectivity index (χ4v) is 11.1. The van der Waals surface area contributed by atoms with Gasteiger partial charge in [-0.25, -0.2) is 4.79 Å². The second-order valence-corrected chi connectivity index (χ2v) is 18.4. The van der Waals surface area contributed by atoms with Gasteiger partial charge in [0.15, 0.2) is 0 Å². The molecule has 2 N–H and O–H groups in total. The number of amides is 1. The topological polar surface area (TPSA) is 129 Å². The highest BCUT2D eigenvalue weighted by molar-refractivity contribution is 6.03. The number of allylic oxidation sites excluding steroid dienone is 1. The molecule has 2 fully saturated rings. The summed E-state index contributed by atoms with van der Waals surface area (Å²) >= 11 is 0. The number of oxime groups is 1. The van der Waals surface area contributed by atoms with E-state index in [1.165, 1.54) is 7.11 Å². The molecule has 2 heterocycles. The molecule has 11 heteroatoms. The van der Waals surface area contributed by atoms with Crippen LogP contribution in [0, 0.1) is 17.8 Å². The van der Waals surface area contributed by atoms with E-state index in [-0.39, 0.29) is 50.5 Å². The number of benzene rings is 5. The van der Waals surface area contributed by atoms with Gasteiger partial charge in [0.2, 0.25) is 12.1 Å². The van der Waals surface area contributed by atoms with Crippen LogP contribution in [0.5, 0.6) is 17.2 Å². The van der Waals surface area contributed by atoms with Crippen LogP contribution in [0.25, 0.3) is 21.9 Å². The zero-order valence-corrected chi connectivity index (χ0v) is 39.0. The van der Waals surface area contributed by atoms with Gasteiger partial charge in [-0.3, -0.25) is 4.90 Å². The fourth-order valence-electron chi connectivity index (χ4n) is 11.1. The van der Waals surface area contributed by atoms with E-state index in [0.29, 0.717) is 42.4 Å². The van der Waals surface area contributed by atoms with Gasteiger partial charge >= 0.3 is 6.09 Å². The lowest BCUT2D eigenvalue weighted by molar-refractivity contribution is -0.256. The molecule has 1 saturated carbocycles. The van der Waals surface area contributed by atoms with Crippen LogP contribution in [0.2, 0.25) is 0 Å². The number of nitrogens with zero attached hydrogens (tertiary/aromatic N) is 2. The molecule has 0 aromatic heterocycles. The van der Waals surface area contributed by atoms with Gasteiger partial charge in [0.05, 0.1) is 38.5 Å². The SMILES string of the molecule is C=CCO[C@@]12Oc3ccc(Oc4ccc(-c5ccccc5)cc4)cc3[C@H]3[C@H](CCCCO)[C@@H](CCCCO)C=C(C(=NOC4CCCCO4)C[C@@H]1N(Cc1cccc4ccccc14)C(=O)OC)[C@H]32. The van der Waals surface area contributed by atoms with Crippen molar-refractivity contribution in [3.63, 3.8) is 0 Å². The molecular formula is C57H64N2O9. The van der Waals surface area contributed by atoms with Gasteiger partial charge in [0.25, 0.3) is 0 Å². The Hall–Kier alpha value is -5.98. The number of hydrogen-bond acceptors (Lipinski definition) is 10. The molecule has 2 aliphatic carbocycles. The van der Waals surface area contributed by atoms with Crippen LogP contribution in [0.4, 0.5) is 4.79 Å². The Kier molecular flexibility index (Phi) is 15.2. The minimum atomic E-state index is -1.46. The van der Waals surface area contributed by atoms with Crippen LogP contribution in [-0.4, -0.2) is 78.6 Å². The first-order valence-electron chi connectivity index (χ1n) is 24.4. The maximum Gasteiger partial charge on any atom is 0.410 e. The Morgan fingerprint density at radius 3 is 2.38 bits per heavy atom. The van der Waals surface area contributed by atoms with E-state index in [2.05, 4.69) is 61.2 Å². The summed E-state index contributed by atoms with van der Waals surface area (Å²) in [5.41, 5.74) is 5.78. The lowest BCUT2D eigenvalue weighted by Crippen LogP contribution is -2.70. The average molecular weight is 921 g/mol. The summed E-state index contributed by atoms with van der Waals surface area (Å²) in [6.07, 6.45) is 10.5. The molecule has 0 bridgehead atoms. The fraction of sp³-hybridized carbons (Fsp3) is 0.404. The highest BCUT2D eigenvalue weighted by Gasteiger charge is 2.65. The zero-order chi connectivity index (χ0) is 46.9. The molecule has 356 valence electrons. The van der Waals surface area contributed by atoms with E-state index < -0.39 is 30.1 Å². The summed E-state index contributed by atoms with van der Waals surface area (Å²) in [6.45, 7) is 5.22. The molecule has 0 spiro atoms. The largest absolute Gasteiger partial charge is 0.459 e. The highest BCUT2D eigenvalue weighted by atomic mass is 16.8. The van der Waals surface area contributed by atoms with Crippen LogP contribution in [0.3, 0.4) is 0 Å². The van der Waals surface area contributed by atoms with E-state index in [0.717, 1.165) is 83.5 Å². The van der Waals surface area contributed by atoms with Crippen molar-refractivity contribution in [3.8, 4) is 28.4 Å². The first-order chi connectivity index (χ1) is 33.4. The van der Waals surface area contributed by atoms with E-state index in [1.807, 2.05) is 66.7 Å². The number of unbranched alkanes of at least 4 members (excludes halogenated alkanes) is 2. The Labute approximate surface area is 400 Å². The number of carbonyl (C=O) groups excluding carboxylic acids is 1. The molecule has 1 unspecified atom stereocenters. The number of fused-ring (bicyclic) bond motifs is 3. The molecule has 1 saturated heterocycles. The molecule has 0 radical (unpaired) electrons. The second kappa shape index (κ2) is 22.0. The summed E-state index contributed by atoms with van der Waals surface area (Å²) < 4.78 is 33.1. The summed E-state index contributed by atoms with van der Waals surface area (Å²) in [5, 5.41) is 27.2. The normalized spacial score (nSPS) is 24.5. The molecule has 4 aliphatic rings. The van der Waals surface area contributed by atoms with Crippen molar-refractivity contribution in [1.29, 1.82) is 0 Å². The Morgan fingerprint density at radius 2 is 1.62 bits per heavy atom. The van der Waals surface area contributed by atoms with Crippen molar-refractivity contribution >= 4 is 22.6 Å². The maximum absolute atomic E-state index is 14.6. The third-order valence-corrected chi connectivity index (χ3v) is 14.3. The van der Waals surface area contributed by atoms with Gasteiger partial charge in [-0.05, 0) is 114 Å². The average Bonchev–Trinajstić information content (AvgIpc) is 3.38. The molecular weight excluding hydrogens is 857 g/mol. The monoisotopic (exact) mass is 920 g/mol. The van der Waals surface area contributed by atoms with Gasteiger partial charge in [-0.2, -0.15) is 0 Å². The third kappa shape index (κ3) is 9.94. The van der Waals surface area contributed by atoms with Gasteiger partial charge in [0, 0.05) is 37.5 Å². The quantitative estimate of drug-likeness (QED) is 0.0472. The standard InChI is InChI=1S/C57H64N2O9/c1-3-33-65-57-52(59(56(62)63-2)38-43-21-15-20-41-18-7-8-22-46(41)43)37-50(58-68-53-24-11-14-34-64-53)48-35-42(19-9-12-31-60)47(23-10-13-32-61)54(55(48)57)49-36-45(29-30-51(49)67-57)66-44-27-25-40(26-28-44)39-16-5-4-6-17-39/h3-8,15-18,20-22,25-30,35-36,42,47,52-55,60-61H,1,9-14,19,23-24,31-34,37-38H2,2H3/t42-,47+,52-,53?,54+,55+,57+/m0/s1. The van der Waals surface area contributed by atoms with Gasteiger partial charge in [-0.15, -0.1) is 6.58 Å². The molecule has 11 nitrogen and oxygen atoms in total. The molecule has 5 aromatic rings. The Bertz CT molecular complexity index is 2550. The lowest BCUT2D eigenvalue weighted by atomic mass is 9.55. The first kappa shape index (κ1) is 47.1. The van der Waals surface area contributed by atoms with Crippen molar-refractivity contribution in [2.75, 3.05) is 33.5 Å².